The van der Waals surface area contributed by atoms with Crippen LogP contribution in [0.2, 0.25) is 0 Å². The first-order valence-electron chi connectivity index (χ1n) is 5.76. The van der Waals surface area contributed by atoms with Crippen LogP contribution in [-0.2, 0) is 6.54 Å². The van der Waals surface area contributed by atoms with Gasteiger partial charge in [-0.2, -0.15) is 0 Å². The molecule has 0 aliphatic rings. The van der Waals surface area contributed by atoms with E-state index < -0.39 is 0 Å². The van der Waals surface area contributed by atoms with Crippen molar-refractivity contribution in [2.45, 2.75) is 12.6 Å². The van der Waals surface area contributed by atoms with Crippen molar-refractivity contribution >= 4 is 34.0 Å². The molecular formula is C14H13NS3. The molecule has 18 heavy (non-hydrogen) atoms. The van der Waals surface area contributed by atoms with Gasteiger partial charge in [0.25, 0.3) is 0 Å². The van der Waals surface area contributed by atoms with Gasteiger partial charge in [0.1, 0.15) is 0 Å². The van der Waals surface area contributed by atoms with Crippen LogP contribution in [0.15, 0.2) is 52.5 Å². The van der Waals surface area contributed by atoms with Crippen LogP contribution in [0.5, 0.6) is 0 Å². The Hall–Kier alpha value is -0.940. The van der Waals surface area contributed by atoms with Gasteiger partial charge in [-0.3, -0.25) is 5.32 Å². The maximum atomic E-state index is 3.66. The van der Waals surface area contributed by atoms with Gasteiger partial charge in [0.2, 0.25) is 0 Å². The Labute approximate surface area is 119 Å². The molecule has 0 aliphatic carbocycles. The number of hydrogen-bond acceptors (Lipinski definition) is 4. The Bertz CT molecular complexity index is 518. The van der Waals surface area contributed by atoms with Crippen LogP contribution in [0.4, 0.5) is 0 Å². The molecule has 0 aliphatic heterocycles. The van der Waals surface area contributed by atoms with E-state index in [1.54, 1.807) is 11.3 Å². The van der Waals surface area contributed by atoms with Crippen LogP contribution in [0.1, 0.15) is 20.7 Å². The Balaban J connectivity index is 1.78. The van der Waals surface area contributed by atoms with Gasteiger partial charge in [0.15, 0.2) is 0 Å². The van der Waals surface area contributed by atoms with Gasteiger partial charge < -0.3 is 0 Å². The summed E-state index contributed by atoms with van der Waals surface area (Å²) in [5, 5.41) is 10.1. The number of rotatable bonds is 5. The summed E-state index contributed by atoms with van der Waals surface area (Å²) in [4.78, 5) is 4.15. The first kappa shape index (κ1) is 12.1. The molecule has 0 saturated carbocycles. The van der Waals surface area contributed by atoms with Crippen molar-refractivity contribution < 1.29 is 0 Å². The molecule has 0 aromatic carbocycles. The van der Waals surface area contributed by atoms with Crippen molar-refractivity contribution in [3.8, 4) is 0 Å². The lowest BCUT2D eigenvalue weighted by Gasteiger charge is -2.15. The molecule has 1 nitrogen and oxygen atoms in total. The third kappa shape index (κ3) is 2.72. The normalized spacial score (nSPS) is 11.2. The molecule has 0 fully saturated rings. The molecule has 0 saturated heterocycles. The molecule has 3 aromatic rings. The minimum Gasteiger partial charge on any atom is -0.300 e. The second-order valence-electron chi connectivity index (χ2n) is 3.92. The lowest BCUT2D eigenvalue weighted by Crippen LogP contribution is -2.19. The van der Waals surface area contributed by atoms with E-state index in [-0.39, 0.29) is 0 Å². The smallest absolute Gasteiger partial charge is 0.0767 e. The van der Waals surface area contributed by atoms with Crippen LogP contribution in [0, 0.1) is 0 Å². The highest BCUT2D eigenvalue weighted by atomic mass is 32.1. The first-order chi connectivity index (χ1) is 8.93. The molecule has 3 aromatic heterocycles. The highest BCUT2D eigenvalue weighted by molar-refractivity contribution is 7.11. The molecule has 92 valence electrons. The zero-order valence-electron chi connectivity index (χ0n) is 9.71. The summed E-state index contributed by atoms with van der Waals surface area (Å²) in [6, 6.07) is 13.3. The van der Waals surface area contributed by atoms with Crippen LogP contribution in [0.25, 0.3) is 0 Å². The average Bonchev–Trinajstić information content (AvgIpc) is 3.14. The molecule has 0 unspecified atom stereocenters. The largest absolute Gasteiger partial charge is 0.300 e. The van der Waals surface area contributed by atoms with Gasteiger partial charge in [0.05, 0.1) is 6.04 Å². The third-order valence-corrected chi connectivity index (χ3v) is 5.47. The molecule has 0 radical (unpaired) electrons. The van der Waals surface area contributed by atoms with Gasteiger partial charge in [-0.1, -0.05) is 18.2 Å². The summed E-state index contributed by atoms with van der Waals surface area (Å²) in [6.07, 6.45) is 0. The van der Waals surface area contributed by atoms with E-state index in [1.807, 2.05) is 22.7 Å². The molecule has 0 spiro atoms. The summed E-state index contributed by atoms with van der Waals surface area (Å²) in [5.74, 6) is 0. The Morgan fingerprint density at radius 1 is 0.833 bits per heavy atom. The van der Waals surface area contributed by atoms with Crippen molar-refractivity contribution in [3.05, 3.63) is 67.2 Å². The number of thiophene rings is 3. The monoisotopic (exact) mass is 291 g/mol. The molecule has 1 N–H and O–H groups in total. The maximum absolute atomic E-state index is 3.66. The van der Waals surface area contributed by atoms with E-state index in [0.29, 0.717) is 6.04 Å². The summed E-state index contributed by atoms with van der Waals surface area (Å²) < 4.78 is 0. The van der Waals surface area contributed by atoms with Crippen molar-refractivity contribution in [1.29, 1.82) is 0 Å². The Morgan fingerprint density at radius 3 is 1.94 bits per heavy atom. The topological polar surface area (TPSA) is 12.0 Å². The van der Waals surface area contributed by atoms with Crippen molar-refractivity contribution in [2.24, 2.45) is 0 Å². The number of nitrogens with one attached hydrogen (secondary N) is 1. The van der Waals surface area contributed by atoms with Gasteiger partial charge in [0, 0.05) is 21.2 Å². The fourth-order valence-electron chi connectivity index (χ4n) is 1.87. The van der Waals surface area contributed by atoms with Crippen LogP contribution in [0.3, 0.4) is 0 Å². The van der Waals surface area contributed by atoms with Crippen LogP contribution < -0.4 is 5.32 Å². The zero-order valence-corrected chi connectivity index (χ0v) is 12.2. The minimum absolute atomic E-state index is 0.326. The summed E-state index contributed by atoms with van der Waals surface area (Å²) in [6.45, 7) is 0.929. The molecule has 3 rings (SSSR count). The van der Waals surface area contributed by atoms with Crippen molar-refractivity contribution in [2.75, 3.05) is 0 Å². The van der Waals surface area contributed by atoms with E-state index >= 15 is 0 Å². The highest BCUT2D eigenvalue weighted by Crippen LogP contribution is 2.29. The van der Waals surface area contributed by atoms with Crippen LogP contribution >= 0.6 is 34.0 Å². The lowest BCUT2D eigenvalue weighted by molar-refractivity contribution is 0.627. The first-order valence-corrected chi connectivity index (χ1v) is 8.40. The van der Waals surface area contributed by atoms with E-state index in [2.05, 4.69) is 57.9 Å². The average molecular weight is 291 g/mol. The fraction of sp³-hybridized carbons (Fsp3) is 0.143. The Morgan fingerprint density at radius 2 is 1.44 bits per heavy atom. The van der Waals surface area contributed by atoms with E-state index in [9.17, 15) is 0 Å². The summed E-state index contributed by atoms with van der Waals surface area (Å²) in [7, 11) is 0. The number of hydrogen-bond donors (Lipinski definition) is 1. The summed E-state index contributed by atoms with van der Waals surface area (Å²) >= 11 is 5.43. The lowest BCUT2D eigenvalue weighted by atomic mass is 10.2. The standard InChI is InChI=1S/C14H13NS3/c1-4-11(16-7-1)10-15-14(12-5-2-8-17-12)13-6-3-9-18-13/h1-9,14-15H,10H2. The van der Waals surface area contributed by atoms with E-state index in [0.717, 1.165) is 6.54 Å². The minimum atomic E-state index is 0.326. The van der Waals surface area contributed by atoms with Gasteiger partial charge >= 0.3 is 0 Å². The molecule has 3 heterocycles. The van der Waals surface area contributed by atoms with Crippen molar-refractivity contribution in [1.82, 2.24) is 5.32 Å². The second kappa shape index (κ2) is 5.80. The SMILES string of the molecule is c1csc(CNC(c2cccs2)c2cccs2)c1. The second-order valence-corrected chi connectivity index (χ2v) is 6.91. The van der Waals surface area contributed by atoms with Gasteiger partial charge in [-0.25, -0.2) is 0 Å². The molecule has 0 amide bonds. The zero-order chi connectivity index (χ0) is 12.2. The predicted molar refractivity (Wildman–Crippen MR) is 81.6 cm³/mol. The van der Waals surface area contributed by atoms with Crippen LogP contribution in [-0.4, -0.2) is 0 Å². The third-order valence-electron chi connectivity index (χ3n) is 2.72. The molecule has 4 heteroatoms. The predicted octanol–water partition coefficient (Wildman–Crippen LogP) is 4.75. The fourth-order valence-corrected chi connectivity index (χ4v) is 4.23. The Kier molecular flexibility index (Phi) is 3.90. The maximum Gasteiger partial charge on any atom is 0.0767 e. The quantitative estimate of drug-likeness (QED) is 0.715. The van der Waals surface area contributed by atoms with E-state index in [4.69, 9.17) is 0 Å². The molecule has 0 bridgehead atoms. The van der Waals surface area contributed by atoms with Gasteiger partial charge in [-0.15, -0.1) is 34.0 Å². The highest BCUT2D eigenvalue weighted by Gasteiger charge is 2.15. The van der Waals surface area contributed by atoms with E-state index in [1.165, 1.54) is 14.6 Å². The van der Waals surface area contributed by atoms with Crippen molar-refractivity contribution in [3.63, 3.8) is 0 Å². The molecule has 0 atom stereocenters. The van der Waals surface area contributed by atoms with Gasteiger partial charge in [-0.05, 0) is 34.3 Å². The summed E-state index contributed by atoms with van der Waals surface area (Å²) in [5.41, 5.74) is 0. The molecular weight excluding hydrogens is 278 g/mol.